The maximum atomic E-state index is 13.0. The first kappa shape index (κ1) is 19.8. The van der Waals surface area contributed by atoms with Gasteiger partial charge in [0.2, 0.25) is 0 Å². The lowest BCUT2D eigenvalue weighted by Gasteiger charge is -2.12. The molecule has 1 N–H and O–H groups in total. The lowest BCUT2D eigenvalue weighted by atomic mass is 10.1. The van der Waals surface area contributed by atoms with Gasteiger partial charge in [0.25, 0.3) is 12.3 Å². The van der Waals surface area contributed by atoms with E-state index < -0.39 is 23.9 Å². The van der Waals surface area contributed by atoms with Crippen LogP contribution in [0.15, 0.2) is 18.5 Å². The summed E-state index contributed by atoms with van der Waals surface area (Å²) in [5, 5.41) is 15.7. The highest BCUT2D eigenvalue weighted by molar-refractivity contribution is 6.31. The van der Waals surface area contributed by atoms with Crippen LogP contribution in [0.5, 0.6) is 0 Å². The Morgan fingerprint density at radius 3 is 2.82 bits per heavy atom. The zero-order chi connectivity index (χ0) is 20.3. The van der Waals surface area contributed by atoms with Gasteiger partial charge in [0, 0.05) is 37.5 Å². The largest absolute Gasteiger partial charge is 0.350 e. The van der Waals surface area contributed by atoms with Gasteiger partial charge in [-0.25, -0.2) is 8.78 Å². The minimum Gasteiger partial charge on any atom is -0.350 e. The third-order valence-electron chi connectivity index (χ3n) is 4.13. The molecule has 9 heteroatoms. The molecule has 0 aromatic carbocycles. The molecule has 1 fully saturated rings. The zero-order valence-electron chi connectivity index (χ0n) is 14.9. The van der Waals surface area contributed by atoms with Crippen LogP contribution in [0.25, 0.3) is 0 Å². The second-order valence-electron chi connectivity index (χ2n) is 6.43. The highest BCUT2D eigenvalue weighted by Crippen LogP contribution is 2.28. The fraction of sp³-hybridized carbons (Fsp3) is 0.368. The van der Waals surface area contributed by atoms with Crippen molar-refractivity contribution in [1.82, 2.24) is 20.1 Å². The third-order valence-corrected chi connectivity index (χ3v) is 4.43. The fourth-order valence-corrected chi connectivity index (χ4v) is 2.82. The highest BCUT2D eigenvalue weighted by atomic mass is 35.5. The number of pyridine rings is 1. The fourth-order valence-electron chi connectivity index (χ4n) is 2.52. The summed E-state index contributed by atoms with van der Waals surface area (Å²) < 4.78 is 27.1. The number of halogens is 3. The minimum absolute atomic E-state index is 0.132. The molecule has 2 aromatic rings. The number of rotatable bonds is 5. The molecular formula is C19H16ClF2N5O. The van der Waals surface area contributed by atoms with Crippen molar-refractivity contribution >= 4 is 17.5 Å². The Morgan fingerprint density at radius 2 is 2.21 bits per heavy atom. The number of hydrogen-bond donors (Lipinski definition) is 1. The van der Waals surface area contributed by atoms with E-state index in [0.717, 1.165) is 17.5 Å². The van der Waals surface area contributed by atoms with Gasteiger partial charge in [0.05, 0.1) is 22.3 Å². The lowest BCUT2D eigenvalue weighted by Crippen LogP contribution is -2.29. The summed E-state index contributed by atoms with van der Waals surface area (Å²) in [6.07, 6.45) is 2.06. The van der Waals surface area contributed by atoms with Gasteiger partial charge in [-0.3, -0.25) is 14.5 Å². The number of alkyl halides is 2. The van der Waals surface area contributed by atoms with Crippen LogP contribution in [-0.2, 0) is 7.05 Å². The molecule has 1 unspecified atom stereocenters. The van der Waals surface area contributed by atoms with Gasteiger partial charge in [0.1, 0.15) is 11.6 Å². The highest BCUT2D eigenvalue weighted by Gasteiger charge is 2.24. The number of nitrogens with zero attached hydrogens (tertiary/aromatic N) is 4. The number of amides is 1. The Labute approximate surface area is 165 Å². The molecule has 1 amide bonds. The molecule has 144 valence electrons. The van der Waals surface area contributed by atoms with E-state index in [0.29, 0.717) is 17.2 Å². The van der Waals surface area contributed by atoms with Gasteiger partial charge in [-0.05, 0) is 18.9 Å². The summed E-state index contributed by atoms with van der Waals surface area (Å²) >= 11 is 6.23. The van der Waals surface area contributed by atoms with Crippen LogP contribution in [0.1, 0.15) is 52.5 Å². The van der Waals surface area contributed by atoms with E-state index in [9.17, 15) is 18.8 Å². The normalized spacial score (nSPS) is 14.1. The summed E-state index contributed by atoms with van der Waals surface area (Å²) in [7, 11) is 1.44. The number of carbonyl (C=O) groups excluding carboxylic acids is 1. The van der Waals surface area contributed by atoms with Gasteiger partial charge in [-0.1, -0.05) is 23.4 Å². The Kier molecular flexibility index (Phi) is 5.91. The first-order chi connectivity index (χ1) is 13.4. The molecule has 2 aromatic heterocycles. The monoisotopic (exact) mass is 403 g/mol. The number of nitriles is 1. The number of nitrogens with one attached hydrogen (secondary N) is 1. The van der Waals surface area contributed by atoms with Gasteiger partial charge in [0.15, 0.2) is 0 Å². The Balaban J connectivity index is 1.70. The van der Waals surface area contributed by atoms with Gasteiger partial charge < -0.3 is 5.32 Å². The molecule has 0 aliphatic heterocycles. The predicted molar refractivity (Wildman–Crippen MR) is 97.7 cm³/mol. The van der Waals surface area contributed by atoms with Crippen molar-refractivity contribution in [2.45, 2.75) is 25.2 Å². The van der Waals surface area contributed by atoms with E-state index >= 15 is 0 Å². The SMILES string of the molecule is Cn1cc(C(=O)NCC(C#N)c2ncc(C#CC3CC3)cc2Cl)c(C(F)F)n1. The first-order valence-electron chi connectivity index (χ1n) is 8.55. The van der Waals surface area contributed by atoms with Crippen molar-refractivity contribution in [2.24, 2.45) is 13.0 Å². The van der Waals surface area contributed by atoms with Gasteiger partial charge in [-0.2, -0.15) is 10.4 Å². The Bertz CT molecular complexity index is 998. The second-order valence-corrected chi connectivity index (χ2v) is 6.84. The molecule has 1 saturated carbocycles. The molecule has 0 radical (unpaired) electrons. The number of aromatic nitrogens is 3. The smallest absolute Gasteiger partial charge is 0.282 e. The molecular weight excluding hydrogens is 388 g/mol. The summed E-state index contributed by atoms with van der Waals surface area (Å²) in [5.41, 5.74) is 0.0993. The van der Waals surface area contributed by atoms with Crippen molar-refractivity contribution in [3.63, 3.8) is 0 Å². The predicted octanol–water partition coefficient (Wildman–Crippen LogP) is 3.20. The minimum atomic E-state index is -2.88. The van der Waals surface area contributed by atoms with Crippen LogP contribution >= 0.6 is 11.6 Å². The molecule has 3 rings (SSSR count). The zero-order valence-corrected chi connectivity index (χ0v) is 15.7. The van der Waals surface area contributed by atoms with Crippen molar-refractivity contribution in [3.05, 3.63) is 46.0 Å². The summed E-state index contributed by atoms with van der Waals surface area (Å²) in [6.45, 7) is -0.132. The van der Waals surface area contributed by atoms with Crippen LogP contribution in [-0.4, -0.2) is 27.2 Å². The average molecular weight is 404 g/mol. The van der Waals surface area contributed by atoms with Crippen LogP contribution in [0.3, 0.4) is 0 Å². The van der Waals surface area contributed by atoms with Crippen molar-refractivity contribution in [1.29, 1.82) is 5.26 Å². The molecule has 0 saturated heterocycles. The summed E-state index contributed by atoms with van der Waals surface area (Å²) in [6, 6.07) is 3.65. The molecule has 0 bridgehead atoms. The maximum absolute atomic E-state index is 13.0. The third kappa shape index (κ3) is 4.65. The molecule has 1 aliphatic rings. The molecule has 0 spiro atoms. The average Bonchev–Trinajstić information content (AvgIpc) is 3.40. The van der Waals surface area contributed by atoms with Gasteiger partial charge in [-0.15, -0.1) is 0 Å². The van der Waals surface area contributed by atoms with Crippen molar-refractivity contribution in [3.8, 4) is 17.9 Å². The maximum Gasteiger partial charge on any atom is 0.282 e. The number of aryl methyl sites for hydroxylation is 1. The van der Waals surface area contributed by atoms with E-state index in [1.807, 2.05) is 6.07 Å². The number of hydrogen-bond acceptors (Lipinski definition) is 4. The Morgan fingerprint density at radius 1 is 1.46 bits per heavy atom. The lowest BCUT2D eigenvalue weighted by molar-refractivity contribution is 0.0938. The second kappa shape index (κ2) is 8.37. The topological polar surface area (TPSA) is 83.6 Å². The standard InChI is InChI=1S/C19H16ClF2N5O/c1-27-10-14(17(26-27)18(21)22)19(28)25-9-13(7-23)16-15(20)6-12(8-24-16)5-4-11-2-3-11/h6,8,10-11,13,18H,2-3,9H2,1H3,(H,25,28). The van der Waals surface area contributed by atoms with Crippen LogP contribution < -0.4 is 5.32 Å². The Hall–Kier alpha value is -2.97. The van der Waals surface area contributed by atoms with Crippen LogP contribution in [0.4, 0.5) is 8.78 Å². The summed E-state index contributed by atoms with van der Waals surface area (Å²) in [5.74, 6) is 4.94. The molecule has 28 heavy (non-hydrogen) atoms. The van der Waals surface area contributed by atoms with Crippen LogP contribution in [0, 0.1) is 29.1 Å². The molecule has 1 atom stereocenters. The molecule has 1 aliphatic carbocycles. The van der Waals surface area contributed by atoms with E-state index in [2.05, 4.69) is 27.2 Å². The van der Waals surface area contributed by atoms with Crippen LogP contribution in [0.2, 0.25) is 5.02 Å². The van der Waals surface area contributed by atoms with E-state index in [-0.39, 0.29) is 17.1 Å². The van der Waals surface area contributed by atoms with E-state index in [1.165, 1.54) is 19.4 Å². The first-order valence-corrected chi connectivity index (χ1v) is 8.93. The van der Waals surface area contributed by atoms with E-state index in [4.69, 9.17) is 11.6 Å². The van der Waals surface area contributed by atoms with E-state index in [1.54, 1.807) is 6.07 Å². The van der Waals surface area contributed by atoms with Gasteiger partial charge >= 0.3 is 0 Å². The quantitative estimate of drug-likeness (QED) is 0.777. The van der Waals surface area contributed by atoms with Crippen molar-refractivity contribution in [2.75, 3.05) is 6.54 Å². The van der Waals surface area contributed by atoms with Crippen molar-refractivity contribution < 1.29 is 13.6 Å². The summed E-state index contributed by atoms with van der Waals surface area (Å²) in [4.78, 5) is 16.5. The number of carbonyl (C=O) groups is 1. The molecule has 2 heterocycles. The molecule has 6 nitrogen and oxygen atoms in total.